The Morgan fingerprint density at radius 3 is 2.25 bits per heavy atom. The number of halogens is 3. The second-order valence-electron chi connectivity index (χ2n) is 4.12. The molecular formula is C9H15F3N2O2. The van der Waals surface area contributed by atoms with Crippen LogP contribution in [0.2, 0.25) is 0 Å². The summed E-state index contributed by atoms with van der Waals surface area (Å²) in [5.41, 5.74) is -0.0961. The van der Waals surface area contributed by atoms with Crippen molar-refractivity contribution in [1.29, 1.82) is 0 Å². The molecule has 0 aromatic heterocycles. The highest BCUT2D eigenvalue weighted by atomic mass is 19.4. The average molecular weight is 240 g/mol. The first-order valence-electron chi connectivity index (χ1n) is 5.00. The minimum Gasteiger partial charge on any atom is -0.361 e. The number of piperidine rings is 1. The fourth-order valence-electron chi connectivity index (χ4n) is 1.49. The summed E-state index contributed by atoms with van der Waals surface area (Å²) in [6, 6.07) is 0. The number of nitrogens with one attached hydrogen (secondary N) is 1. The molecule has 0 radical (unpaired) electrons. The summed E-state index contributed by atoms with van der Waals surface area (Å²) in [5, 5.41) is 4.16. The van der Waals surface area contributed by atoms with Crippen LogP contribution in [0.3, 0.4) is 0 Å². The first kappa shape index (κ1) is 13.2. The van der Waals surface area contributed by atoms with E-state index in [4.69, 9.17) is 0 Å². The molecule has 0 atom stereocenters. The number of hydrogen-bond donors (Lipinski definition) is 1. The Labute approximate surface area is 91.7 Å². The second kappa shape index (κ2) is 4.58. The molecule has 0 amide bonds. The van der Waals surface area contributed by atoms with E-state index in [1.54, 1.807) is 7.05 Å². The Bertz CT molecular complexity index is 260. The molecule has 4 nitrogen and oxygen atoms in total. The Balaban J connectivity index is 2.41. The van der Waals surface area contributed by atoms with Gasteiger partial charge < -0.3 is 10.2 Å². The summed E-state index contributed by atoms with van der Waals surface area (Å²) in [7, 11) is 1.80. The standard InChI is InChI=1S/C9H15F3N2O2/c1-8(13-2)3-5-14(6-4-8)16-7(15)9(10,11)12/h13H,3-6H2,1-2H3. The molecule has 0 aliphatic carbocycles. The van der Waals surface area contributed by atoms with E-state index >= 15 is 0 Å². The van der Waals surface area contributed by atoms with Gasteiger partial charge in [0.05, 0.1) is 0 Å². The van der Waals surface area contributed by atoms with Gasteiger partial charge >= 0.3 is 12.1 Å². The first-order chi connectivity index (χ1) is 7.27. The van der Waals surface area contributed by atoms with Crippen LogP contribution in [0.4, 0.5) is 13.2 Å². The fourth-order valence-corrected chi connectivity index (χ4v) is 1.49. The Kier molecular flexibility index (Phi) is 3.80. The van der Waals surface area contributed by atoms with Crippen molar-refractivity contribution < 1.29 is 22.8 Å². The maximum absolute atomic E-state index is 11.9. The Morgan fingerprint density at radius 1 is 1.38 bits per heavy atom. The molecule has 0 aromatic carbocycles. The molecule has 0 aromatic rings. The zero-order valence-corrected chi connectivity index (χ0v) is 9.23. The van der Waals surface area contributed by atoms with Gasteiger partial charge in [-0.3, -0.25) is 0 Å². The zero-order valence-electron chi connectivity index (χ0n) is 9.23. The minimum absolute atomic E-state index is 0.0961. The van der Waals surface area contributed by atoms with Crippen molar-refractivity contribution in [1.82, 2.24) is 10.4 Å². The highest BCUT2D eigenvalue weighted by molar-refractivity contribution is 5.75. The van der Waals surface area contributed by atoms with Crippen molar-refractivity contribution in [3.8, 4) is 0 Å². The molecule has 1 aliphatic heterocycles. The smallest absolute Gasteiger partial charge is 0.361 e. The van der Waals surface area contributed by atoms with Crippen LogP contribution in [0.5, 0.6) is 0 Å². The Hall–Kier alpha value is -0.820. The lowest BCUT2D eigenvalue weighted by Crippen LogP contribution is -2.51. The van der Waals surface area contributed by atoms with Crippen molar-refractivity contribution in [3.05, 3.63) is 0 Å². The molecule has 0 unspecified atom stereocenters. The van der Waals surface area contributed by atoms with Crippen LogP contribution in [0.1, 0.15) is 19.8 Å². The van der Waals surface area contributed by atoms with E-state index in [0.29, 0.717) is 25.9 Å². The molecule has 1 heterocycles. The number of carbonyl (C=O) groups is 1. The molecule has 94 valence electrons. The monoisotopic (exact) mass is 240 g/mol. The van der Waals surface area contributed by atoms with E-state index in [-0.39, 0.29) is 5.54 Å². The van der Waals surface area contributed by atoms with E-state index < -0.39 is 12.1 Å². The number of alkyl halides is 3. The van der Waals surface area contributed by atoms with Gasteiger partial charge in [0.2, 0.25) is 0 Å². The van der Waals surface area contributed by atoms with E-state index in [1.807, 2.05) is 6.92 Å². The number of carbonyl (C=O) groups excluding carboxylic acids is 1. The molecular weight excluding hydrogens is 225 g/mol. The van der Waals surface area contributed by atoms with Crippen molar-refractivity contribution >= 4 is 5.97 Å². The summed E-state index contributed by atoms with van der Waals surface area (Å²) in [6.07, 6.45) is -3.66. The first-order valence-corrected chi connectivity index (χ1v) is 5.00. The average Bonchev–Trinajstić information content (AvgIpc) is 2.20. The van der Waals surface area contributed by atoms with Gasteiger partial charge in [0.1, 0.15) is 0 Å². The van der Waals surface area contributed by atoms with Gasteiger partial charge in [-0.25, -0.2) is 4.79 Å². The van der Waals surface area contributed by atoms with Crippen molar-refractivity contribution in [3.63, 3.8) is 0 Å². The highest BCUT2D eigenvalue weighted by Gasteiger charge is 2.43. The Morgan fingerprint density at radius 2 is 1.88 bits per heavy atom. The molecule has 1 aliphatic rings. The molecule has 1 N–H and O–H groups in total. The van der Waals surface area contributed by atoms with E-state index in [1.165, 1.54) is 0 Å². The summed E-state index contributed by atoms with van der Waals surface area (Å²) in [4.78, 5) is 14.8. The van der Waals surface area contributed by atoms with Crippen LogP contribution in [0, 0.1) is 0 Å². The van der Waals surface area contributed by atoms with Gasteiger partial charge in [0.15, 0.2) is 0 Å². The zero-order chi connectivity index (χ0) is 12.4. The normalized spacial score (nSPS) is 21.8. The largest absolute Gasteiger partial charge is 0.492 e. The fraction of sp³-hybridized carbons (Fsp3) is 0.889. The van der Waals surface area contributed by atoms with Crippen LogP contribution >= 0.6 is 0 Å². The summed E-state index contributed by atoms with van der Waals surface area (Å²) in [5.74, 6) is -2.15. The van der Waals surface area contributed by atoms with Crippen LogP contribution in [-0.2, 0) is 9.63 Å². The summed E-state index contributed by atoms with van der Waals surface area (Å²) in [6.45, 7) is 2.59. The molecule has 0 saturated carbocycles. The third kappa shape index (κ3) is 3.34. The summed E-state index contributed by atoms with van der Waals surface area (Å²) < 4.78 is 35.7. The van der Waals surface area contributed by atoms with E-state index in [9.17, 15) is 18.0 Å². The molecule has 1 rings (SSSR count). The lowest BCUT2D eigenvalue weighted by atomic mass is 9.91. The van der Waals surface area contributed by atoms with Crippen LogP contribution < -0.4 is 5.32 Å². The minimum atomic E-state index is -4.93. The maximum atomic E-state index is 11.9. The highest BCUT2D eigenvalue weighted by Crippen LogP contribution is 2.23. The molecule has 0 spiro atoms. The summed E-state index contributed by atoms with van der Waals surface area (Å²) >= 11 is 0. The SMILES string of the molecule is CNC1(C)CCN(OC(=O)C(F)(F)F)CC1. The molecule has 1 saturated heterocycles. The third-order valence-electron chi connectivity index (χ3n) is 2.87. The molecule has 16 heavy (non-hydrogen) atoms. The van der Waals surface area contributed by atoms with Gasteiger partial charge in [0.25, 0.3) is 0 Å². The third-order valence-corrected chi connectivity index (χ3v) is 2.87. The van der Waals surface area contributed by atoms with Gasteiger partial charge in [-0.1, -0.05) is 0 Å². The number of rotatable bonds is 2. The number of hydrogen-bond acceptors (Lipinski definition) is 4. The van der Waals surface area contributed by atoms with Gasteiger partial charge in [-0.2, -0.15) is 13.2 Å². The number of hydroxylamine groups is 2. The van der Waals surface area contributed by atoms with Crippen molar-refractivity contribution in [2.45, 2.75) is 31.5 Å². The number of nitrogens with zero attached hydrogens (tertiary/aromatic N) is 1. The predicted molar refractivity (Wildman–Crippen MR) is 50.4 cm³/mol. The second-order valence-corrected chi connectivity index (χ2v) is 4.12. The molecule has 1 fully saturated rings. The van der Waals surface area contributed by atoms with Crippen LogP contribution in [-0.4, -0.2) is 42.9 Å². The van der Waals surface area contributed by atoms with Gasteiger partial charge in [-0.15, -0.1) is 5.06 Å². The lowest BCUT2D eigenvalue weighted by Gasteiger charge is -2.37. The van der Waals surface area contributed by atoms with E-state index in [0.717, 1.165) is 5.06 Å². The predicted octanol–water partition coefficient (Wildman–Crippen LogP) is 1.08. The van der Waals surface area contributed by atoms with Crippen molar-refractivity contribution in [2.75, 3.05) is 20.1 Å². The quantitative estimate of drug-likeness (QED) is 0.784. The lowest BCUT2D eigenvalue weighted by molar-refractivity contribution is -0.242. The maximum Gasteiger partial charge on any atom is 0.492 e. The van der Waals surface area contributed by atoms with Gasteiger partial charge in [0, 0.05) is 18.6 Å². The van der Waals surface area contributed by atoms with Crippen LogP contribution in [0.25, 0.3) is 0 Å². The topological polar surface area (TPSA) is 41.6 Å². The van der Waals surface area contributed by atoms with Crippen molar-refractivity contribution in [2.24, 2.45) is 0 Å². The van der Waals surface area contributed by atoms with Crippen LogP contribution in [0.15, 0.2) is 0 Å². The van der Waals surface area contributed by atoms with Gasteiger partial charge in [-0.05, 0) is 26.8 Å². The molecule has 0 bridgehead atoms. The molecule has 7 heteroatoms. The van der Waals surface area contributed by atoms with E-state index in [2.05, 4.69) is 10.2 Å².